The van der Waals surface area contributed by atoms with Crippen molar-refractivity contribution >= 4 is 11.8 Å². The second kappa shape index (κ2) is 8.64. The summed E-state index contributed by atoms with van der Waals surface area (Å²) in [4.78, 5) is 23.7. The van der Waals surface area contributed by atoms with Crippen LogP contribution in [0.1, 0.15) is 28.4 Å². The van der Waals surface area contributed by atoms with Gasteiger partial charge in [0.1, 0.15) is 6.04 Å². The Morgan fingerprint density at radius 2 is 1.56 bits per heavy atom. The van der Waals surface area contributed by atoms with Gasteiger partial charge in [0.2, 0.25) is 0 Å². The highest BCUT2D eigenvalue weighted by atomic mass is 16.5. The third-order valence-corrected chi connectivity index (χ3v) is 3.48. The number of nitrogens with two attached hydrogens (primary N) is 1. The van der Waals surface area contributed by atoms with E-state index in [1.165, 1.54) is 5.48 Å². The maximum absolute atomic E-state index is 12.2. The molecule has 0 heterocycles. The molecule has 2 aromatic rings. The van der Waals surface area contributed by atoms with Gasteiger partial charge in [-0.1, -0.05) is 30.0 Å². The molecule has 128 valence electrons. The Hall–Kier alpha value is -3.14. The summed E-state index contributed by atoms with van der Waals surface area (Å²) in [6.07, 6.45) is 0. The van der Waals surface area contributed by atoms with E-state index in [1.807, 2.05) is 30.3 Å². The van der Waals surface area contributed by atoms with Crippen LogP contribution in [0, 0.1) is 11.8 Å². The van der Waals surface area contributed by atoms with E-state index in [0.717, 1.165) is 11.1 Å². The fraction of sp³-hybridized carbons (Fsp3) is 0.158. The highest BCUT2D eigenvalue weighted by molar-refractivity contribution is 5.97. The summed E-state index contributed by atoms with van der Waals surface area (Å²) < 4.78 is 0. The van der Waals surface area contributed by atoms with Crippen molar-refractivity contribution in [2.75, 3.05) is 0 Å². The summed E-state index contributed by atoms with van der Waals surface area (Å²) in [6, 6.07) is 14.5. The molecule has 1 unspecified atom stereocenters. The van der Waals surface area contributed by atoms with Crippen LogP contribution in [0.3, 0.4) is 0 Å². The van der Waals surface area contributed by atoms with Crippen LogP contribution in [-0.2, 0) is 4.79 Å². The second-order valence-electron chi connectivity index (χ2n) is 5.48. The van der Waals surface area contributed by atoms with Crippen molar-refractivity contribution in [1.82, 2.24) is 10.8 Å². The summed E-state index contributed by atoms with van der Waals surface area (Å²) in [6.45, 7) is 1.56. The smallest absolute Gasteiger partial charge is 0.267 e. The molecular weight excluding hydrogens is 318 g/mol. The minimum Gasteiger partial charge on any atom is -0.339 e. The first-order valence-corrected chi connectivity index (χ1v) is 7.69. The average molecular weight is 337 g/mol. The van der Waals surface area contributed by atoms with Crippen LogP contribution in [-0.4, -0.2) is 29.1 Å². The molecule has 6 nitrogen and oxygen atoms in total. The molecule has 25 heavy (non-hydrogen) atoms. The zero-order valence-corrected chi connectivity index (χ0v) is 13.7. The fourth-order valence-corrected chi connectivity index (χ4v) is 2.10. The summed E-state index contributed by atoms with van der Waals surface area (Å²) in [5.41, 5.74) is 9.17. The minimum atomic E-state index is -1.03. The Labute approximate surface area is 146 Å². The van der Waals surface area contributed by atoms with E-state index in [2.05, 4.69) is 17.2 Å². The van der Waals surface area contributed by atoms with Gasteiger partial charge in [-0.25, -0.2) is 5.48 Å². The van der Waals surface area contributed by atoms with Crippen molar-refractivity contribution in [3.8, 4) is 11.8 Å². The van der Waals surface area contributed by atoms with Crippen LogP contribution in [0.4, 0.5) is 0 Å². The van der Waals surface area contributed by atoms with Crippen LogP contribution in [0.5, 0.6) is 0 Å². The van der Waals surface area contributed by atoms with Crippen molar-refractivity contribution in [3.63, 3.8) is 0 Å². The largest absolute Gasteiger partial charge is 0.339 e. The molecule has 2 aromatic carbocycles. The number of hydrogen-bond acceptors (Lipinski definition) is 4. The zero-order valence-electron chi connectivity index (χ0n) is 13.7. The first kappa shape index (κ1) is 18.2. The lowest BCUT2D eigenvalue weighted by Gasteiger charge is -2.20. The van der Waals surface area contributed by atoms with Gasteiger partial charge in [-0.15, -0.1) is 0 Å². The van der Waals surface area contributed by atoms with Crippen molar-refractivity contribution < 1.29 is 14.8 Å². The molecule has 0 fully saturated rings. The van der Waals surface area contributed by atoms with E-state index >= 15 is 0 Å². The average Bonchev–Trinajstić information content (AvgIpc) is 2.64. The molecular formula is C19H19N3O3. The van der Waals surface area contributed by atoms with E-state index in [-0.39, 0.29) is 0 Å². The molecule has 0 bridgehead atoms. The van der Waals surface area contributed by atoms with Gasteiger partial charge in [-0.3, -0.25) is 14.8 Å². The molecule has 0 saturated heterocycles. The lowest BCUT2D eigenvalue weighted by molar-refractivity contribution is -0.131. The molecule has 5 N–H and O–H groups in total. The van der Waals surface area contributed by atoms with Gasteiger partial charge in [0.25, 0.3) is 11.8 Å². The number of nitrogens with one attached hydrogen (secondary N) is 2. The number of hydrogen-bond donors (Lipinski definition) is 4. The van der Waals surface area contributed by atoms with Gasteiger partial charge < -0.3 is 11.1 Å². The molecule has 6 heteroatoms. The number of carbonyl (C=O) groups is 2. The highest BCUT2D eigenvalue weighted by Crippen LogP contribution is 2.05. The van der Waals surface area contributed by atoms with Gasteiger partial charge in [0, 0.05) is 22.7 Å². The molecule has 0 aromatic heterocycles. The molecule has 2 rings (SSSR count). The molecule has 0 aliphatic rings. The Morgan fingerprint density at radius 1 is 1.00 bits per heavy atom. The lowest BCUT2D eigenvalue weighted by Crippen LogP contribution is -2.54. The number of amides is 2. The Bertz CT molecular complexity index is 790. The van der Waals surface area contributed by atoms with Crippen molar-refractivity contribution in [2.45, 2.75) is 19.0 Å². The summed E-state index contributed by atoms with van der Waals surface area (Å²) in [7, 11) is 0. The SMILES string of the molecule is C[C@@H](N)C(NC(=O)c1ccc(C#Cc2ccccc2)cc1)C(=O)NO. The first-order valence-electron chi connectivity index (χ1n) is 7.69. The van der Waals surface area contributed by atoms with Crippen molar-refractivity contribution in [3.05, 3.63) is 71.3 Å². The van der Waals surface area contributed by atoms with Gasteiger partial charge in [-0.05, 0) is 43.3 Å². The molecule has 0 aliphatic carbocycles. The summed E-state index contributed by atoms with van der Waals surface area (Å²) in [5.74, 6) is 4.81. The number of benzene rings is 2. The topological polar surface area (TPSA) is 104 Å². The van der Waals surface area contributed by atoms with E-state index in [9.17, 15) is 9.59 Å². The summed E-state index contributed by atoms with van der Waals surface area (Å²) >= 11 is 0. The maximum atomic E-state index is 12.2. The Balaban J connectivity index is 2.07. The van der Waals surface area contributed by atoms with Gasteiger partial charge in [0.05, 0.1) is 0 Å². The molecule has 0 saturated carbocycles. The number of carbonyl (C=O) groups excluding carboxylic acids is 2. The Morgan fingerprint density at radius 3 is 2.08 bits per heavy atom. The molecule has 0 spiro atoms. The quantitative estimate of drug-likeness (QED) is 0.380. The van der Waals surface area contributed by atoms with E-state index in [1.54, 1.807) is 31.2 Å². The van der Waals surface area contributed by atoms with Crippen LogP contribution in [0.15, 0.2) is 54.6 Å². The highest BCUT2D eigenvalue weighted by Gasteiger charge is 2.24. The van der Waals surface area contributed by atoms with Crippen LogP contribution < -0.4 is 16.5 Å². The lowest BCUT2D eigenvalue weighted by atomic mass is 10.1. The van der Waals surface area contributed by atoms with E-state index < -0.39 is 23.9 Å². The van der Waals surface area contributed by atoms with Gasteiger partial charge >= 0.3 is 0 Å². The molecule has 2 atom stereocenters. The van der Waals surface area contributed by atoms with Crippen LogP contribution in [0.2, 0.25) is 0 Å². The van der Waals surface area contributed by atoms with E-state index in [4.69, 9.17) is 10.9 Å². The third-order valence-electron chi connectivity index (χ3n) is 3.48. The molecule has 0 radical (unpaired) electrons. The third kappa shape index (κ3) is 5.18. The Kier molecular flexibility index (Phi) is 6.29. The number of rotatable bonds is 4. The van der Waals surface area contributed by atoms with E-state index in [0.29, 0.717) is 5.56 Å². The second-order valence-corrected chi connectivity index (χ2v) is 5.48. The van der Waals surface area contributed by atoms with Crippen molar-refractivity contribution in [1.29, 1.82) is 0 Å². The monoisotopic (exact) mass is 337 g/mol. The van der Waals surface area contributed by atoms with Crippen molar-refractivity contribution in [2.24, 2.45) is 5.73 Å². The zero-order chi connectivity index (χ0) is 18.2. The predicted octanol–water partition coefficient (Wildman–Crippen LogP) is 1.04. The molecule has 0 aliphatic heterocycles. The normalized spacial score (nSPS) is 12.3. The minimum absolute atomic E-state index is 0.363. The maximum Gasteiger partial charge on any atom is 0.267 e. The molecule has 2 amide bonds. The predicted molar refractivity (Wildman–Crippen MR) is 93.7 cm³/mol. The standard InChI is InChI=1S/C19H19N3O3/c1-13(20)17(19(24)22-25)21-18(23)16-11-9-15(10-12-16)8-7-14-5-3-2-4-6-14/h2-6,9-13,17,25H,20H2,1H3,(H,21,23)(H,22,24)/t13-,17?/m1/s1. The number of hydroxylamine groups is 1. The van der Waals surface area contributed by atoms with Gasteiger partial charge in [0.15, 0.2) is 0 Å². The van der Waals surface area contributed by atoms with Gasteiger partial charge in [-0.2, -0.15) is 0 Å². The van der Waals surface area contributed by atoms with Crippen LogP contribution >= 0.6 is 0 Å². The fourth-order valence-electron chi connectivity index (χ4n) is 2.10. The first-order chi connectivity index (χ1) is 12.0. The van der Waals surface area contributed by atoms with Crippen LogP contribution in [0.25, 0.3) is 0 Å². The summed E-state index contributed by atoms with van der Waals surface area (Å²) in [5, 5.41) is 11.2.